The van der Waals surface area contributed by atoms with Gasteiger partial charge in [0.05, 0.1) is 23.0 Å². The van der Waals surface area contributed by atoms with Gasteiger partial charge in [-0.2, -0.15) is 18.4 Å². The van der Waals surface area contributed by atoms with Crippen LogP contribution in [0.2, 0.25) is 0 Å². The Morgan fingerprint density at radius 3 is 2.53 bits per heavy atom. The molecule has 0 aliphatic heterocycles. The monoisotopic (exact) mass is 495 g/mol. The van der Waals surface area contributed by atoms with E-state index in [1.165, 1.54) is 12.4 Å². The SMILES string of the molecule is CN(C)CCN(C)c1ccc(CNc2ncc(C#N)c(-c3c[nH]c4ncc(C(F)(F)F)cc34)n2)cn1. The van der Waals surface area contributed by atoms with Crippen molar-refractivity contribution in [2.24, 2.45) is 0 Å². The summed E-state index contributed by atoms with van der Waals surface area (Å²) in [6.45, 7) is 2.12. The second-order valence-corrected chi connectivity index (χ2v) is 8.49. The number of hydrogen-bond donors (Lipinski definition) is 2. The van der Waals surface area contributed by atoms with Gasteiger partial charge in [0.25, 0.3) is 0 Å². The molecule has 0 bridgehead atoms. The molecule has 0 amide bonds. The van der Waals surface area contributed by atoms with E-state index in [0.29, 0.717) is 12.1 Å². The van der Waals surface area contributed by atoms with E-state index in [2.05, 4.69) is 40.0 Å². The number of nitriles is 1. The zero-order valence-electron chi connectivity index (χ0n) is 19.9. The highest BCUT2D eigenvalue weighted by molar-refractivity contribution is 5.94. The number of hydrogen-bond acceptors (Lipinski definition) is 8. The van der Waals surface area contributed by atoms with Gasteiger partial charge in [0.2, 0.25) is 5.95 Å². The first-order valence-corrected chi connectivity index (χ1v) is 11.0. The maximum Gasteiger partial charge on any atom is 0.417 e. The van der Waals surface area contributed by atoms with Crippen molar-refractivity contribution in [1.82, 2.24) is 29.8 Å². The number of anilines is 2. The Hall–Kier alpha value is -4.24. The molecule has 0 fully saturated rings. The van der Waals surface area contributed by atoms with Crippen LogP contribution in [0.15, 0.2) is 43.0 Å². The Labute approximate surface area is 205 Å². The van der Waals surface area contributed by atoms with E-state index in [1.807, 2.05) is 39.3 Å². The standard InChI is InChI=1S/C24H24F3N9/c1-35(2)6-7-36(3)20-5-4-15(10-29-20)11-32-23-33-12-16(9-28)21(34-23)19-14-31-22-18(19)8-17(13-30-22)24(25,26)27/h4-5,8,10,12-14H,6-7,11H2,1-3H3,(H,30,31)(H,32,33,34). The summed E-state index contributed by atoms with van der Waals surface area (Å²) in [5, 5.41) is 12.8. The topological polar surface area (TPSA) is 110 Å². The van der Waals surface area contributed by atoms with Gasteiger partial charge in [0.15, 0.2) is 0 Å². The van der Waals surface area contributed by atoms with E-state index < -0.39 is 11.7 Å². The first-order chi connectivity index (χ1) is 17.2. The number of nitrogens with one attached hydrogen (secondary N) is 2. The molecule has 0 aliphatic rings. The molecule has 0 atom stereocenters. The van der Waals surface area contributed by atoms with Crippen LogP contribution in [0.1, 0.15) is 16.7 Å². The summed E-state index contributed by atoms with van der Waals surface area (Å²) in [5.41, 5.74) is 0.934. The normalized spacial score (nSPS) is 11.6. The van der Waals surface area contributed by atoms with Gasteiger partial charge >= 0.3 is 6.18 Å². The molecule has 4 rings (SSSR count). The van der Waals surface area contributed by atoms with Gasteiger partial charge in [-0.15, -0.1) is 0 Å². The molecule has 4 aromatic rings. The average molecular weight is 496 g/mol. The van der Waals surface area contributed by atoms with Gasteiger partial charge in [-0.25, -0.2) is 19.9 Å². The van der Waals surface area contributed by atoms with Crippen LogP contribution >= 0.6 is 0 Å². The number of nitrogens with zero attached hydrogens (tertiary/aromatic N) is 7. The van der Waals surface area contributed by atoms with Crippen molar-refractivity contribution in [3.8, 4) is 17.3 Å². The molecule has 186 valence electrons. The summed E-state index contributed by atoms with van der Waals surface area (Å²) in [7, 11) is 6.01. The van der Waals surface area contributed by atoms with Gasteiger partial charge in [-0.3, -0.25) is 0 Å². The number of halogens is 3. The fourth-order valence-corrected chi connectivity index (χ4v) is 3.50. The Balaban J connectivity index is 1.54. The van der Waals surface area contributed by atoms with Crippen LogP contribution in [0.5, 0.6) is 0 Å². The third-order valence-corrected chi connectivity index (χ3v) is 5.56. The van der Waals surface area contributed by atoms with Crippen LogP contribution < -0.4 is 10.2 Å². The lowest BCUT2D eigenvalue weighted by Crippen LogP contribution is -2.28. The van der Waals surface area contributed by atoms with E-state index in [0.717, 1.165) is 36.7 Å². The van der Waals surface area contributed by atoms with Crippen LogP contribution in [0.3, 0.4) is 0 Å². The number of likely N-dealkylation sites (N-methyl/N-ethyl adjacent to an activating group) is 2. The first-order valence-electron chi connectivity index (χ1n) is 11.0. The maximum atomic E-state index is 13.2. The van der Waals surface area contributed by atoms with Crippen molar-refractivity contribution < 1.29 is 13.2 Å². The molecule has 0 aromatic carbocycles. The largest absolute Gasteiger partial charge is 0.417 e. The zero-order chi connectivity index (χ0) is 25.9. The highest BCUT2D eigenvalue weighted by Gasteiger charge is 2.31. The molecule has 0 saturated heterocycles. The van der Waals surface area contributed by atoms with Gasteiger partial charge in [0, 0.05) is 56.2 Å². The number of aromatic amines is 1. The number of H-pyrrole nitrogens is 1. The van der Waals surface area contributed by atoms with Gasteiger partial charge in [-0.05, 0) is 31.8 Å². The van der Waals surface area contributed by atoms with Crippen LogP contribution in [-0.4, -0.2) is 64.1 Å². The molecule has 0 unspecified atom stereocenters. The molecule has 0 saturated carbocycles. The highest BCUT2D eigenvalue weighted by atomic mass is 19.4. The Bertz CT molecular complexity index is 1390. The van der Waals surface area contributed by atoms with Crippen molar-refractivity contribution in [2.75, 3.05) is 44.4 Å². The zero-order valence-corrected chi connectivity index (χ0v) is 19.9. The summed E-state index contributed by atoms with van der Waals surface area (Å²) >= 11 is 0. The molecule has 0 spiro atoms. The maximum absolute atomic E-state index is 13.2. The second-order valence-electron chi connectivity index (χ2n) is 8.49. The molecular weight excluding hydrogens is 471 g/mol. The van der Waals surface area contributed by atoms with Crippen LogP contribution in [0.4, 0.5) is 24.9 Å². The summed E-state index contributed by atoms with van der Waals surface area (Å²) in [6, 6.07) is 6.86. The fourth-order valence-electron chi connectivity index (χ4n) is 3.50. The van der Waals surface area contributed by atoms with Gasteiger partial charge in [-0.1, -0.05) is 6.07 Å². The molecule has 0 aliphatic carbocycles. The lowest BCUT2D eigenvalue weighted by atomic mass is 10.1. The predicted octanol–water partition coefficient (Wildman–Crippen LogP) is 3.92. The van der Waals surface area contributed by atoms with Gasteiger partial charge < -0.3 is 20.1 Å². The molecule has 9 nitrogen and oxygen atoms in total. The third-order valence-electron chi connectivity index (χ3n) is 5.56. The smallest absolute Gasteiger partial charge is 0.358 e. The van der Waals surface area contributed by atoms with Crippen molar-refractivity contribution in [2.45, 2.75) is 12.7 Å². The van der Waals surface area contributed by atoms with Crippen molar-refractivity contribution in [1.29, 1.82) is 5.26 Å². The molecule has 0 radical (unpaired) electrons. The average Bonchev–Trinajstić information content (AvgIpc) is 3.29. The summed E-state index contributed by atoms with van der Waals surface area (Å²) in [6.07, 6.45) is 0.798. The van der Waals surface area contributed by atoms with E-state index in [1.54, 1.807) is 6.20 Å². The molecule has 4 aromatic heterocycles. The lowest BCUT2D eigenvalue weighted by Gasteiger charge is -2.20. The highest BCUT2D eigenvalue weighted by Crippen LogP contribution is 2.34. The number of fused-ring (bicyclic) bond motifs is 1. The lowest BCUT2D eigenvalue weighted by molar-refractivity contribution is -0.137. The molecule has 36 heavy (non-hydrogen) atoms. The summed E-state index contributed by atoms with van der Waals surface area (Å²) in [5.74, 6) is 1.08. The quantitative estimate of drug-likeness (QED) is 0.379. The first kappa shape index (κ1) is 24.9. The van der Waals surface area contributed by atoms with Crippen LogP contribution in [0, 0.1) is 11.3 Å². The van der Waals surface area contributed by atoms with Crippen LogP contribution in [-0.2, 0) is 12.7 Å². The minimum Gasteiger partial charge on any atom is -0.358 e. The molecule has 12 heteroatoms. The summed E-state index contributed by atoms with van der Waals surface area (Å²) < 4.78 is 39.7. The van der Waals surface area contributed by atoms with E-state index in [-0.39, 0.29) is 28.2 Å². The number of pyridine rings is 2. The van der Waals surface area contributed by atoms with E-state index in [4.69, 9.17) is 0 Å². The molecular formula is C24H24F3N9. The van der Waals surface area contributed by atoms with E-state index in [9.17, 15) is 18.4 Å². The fraction of sp³-hybridized carbons (Fsp3) is 0.292. The minimum absolute atomic E-state index is 0.130. The summed E-state index contributed by atoms with van der Waals surface area (Å²) in [4.78, 5) is 24.0. The van der Waals surface area contributed by atoms with Crippen molar-refractivity contribution in [3.05, 3.63) is 59.7 Å². The Morgan fingerprint density at radius 1 is 1.06 bits per heavy atom. The predicted molar refractivity (Wildman–Crippen MR) is 130 cm³/mol. The minimum atomic E-state index is -4.54. The van der Waals surface area contributed by atoms with E-state index >= 15 is 0 Å². The second kappa shape index (κ2) is 10.2. The molecule has 2 N–H and O–H groups in total. The number of alkyl halides is 3. The number of rotatable bonds is 8. The molecule has 4 heterocycles. The van der Waals surface area contributed by atoms with Crippen molar-refractivity contribution in [3.63, 3.8) is 0 Å². The third kappa shape index (κ3) is 5.52. The Morgan fingerprint density at radius 2 is 1.86 bits per heavy atom. The van der Waals surface area contributed by atoms with Crippen molar-refractivity contribution >= 4 is 22.8 Å². The van der Waals surface area contributed by atoms with Gasteiger partial charge in [0.1, 0.15) is 17.5 Å². The van der Waals surface area contributed by atoms with Crippen LogP contribution in [0.25, 0.3) is 22.3 Å². The Kier molecular flexibility index (Phi) is 7.03. The number of aromatic nitrogens is 5.